The van der Waals surface area contributed by atoms with E-state index in [1.54, 1.807) is 6.92 Å². The van der Waals surface area contributed by atoms with Crippen LogP contribution in [0.2, 0.25) is 0 Å². The van der Waals surface area contributed by atoms with Crippen molar-refractivity contribution in [3.63, 3.8) is 0 Å². The quantitative estimate of drug-likeness (QED) is 0.826. The summed E-state index contributed by atoms with van der Waals surface area (Å²) in [7, 11) is 0. The van der Waals surface area contributed by atoms with Crippen molar-refractivity contribution in [3.05, 3.63) is 35.1 Å². The first kappa shape index (κ1) is 14.9. The van der Waals surface area contributed by atoms with Crippen LogP contribution in [0.4, 0.5) is 22.0 Å². The molecule has 0 aliphatic carbocycles. The van der Waals surface area contributed by atoms with E-state index < -0.39 is 29.8 Å². The predicted octanol–water partition coefficient (Wildman–Crippen LogP) is 3.77. The van der Waals surface area contributed by atoms with Gasteiger partial charge in [0.25, 0.3) is 0 Å². The van der Waals surface area contributed by atoms with E-state index in [4.69, 9.17) is 5.73 Å². The minimum atomic E-state index is -4.85. The van der Waals surface area contributed by atoms with Gasteiger partial charge >= 0.3 is 6.18 Å². The highest BCUT2D eigenvalue weighted by molar-refractivity contribution is 5.31. The summed E-state index contributed by atoms with van der Waals surface area (Å²) in [5.41, 5.74) is 1.52. The Hall–Kier alpha value is -1.17. The summed E-state index contributed by atoms with van der Waals surface area (Å²) < 4.78 is 64.9. The van der Waals surface area contributed by atoms with E-state index in [1.165, 1.54) is 0 Å². The maximum atomic E-state index is 14.3. The van der Waals surface area contributed by atoms with Crippen LogP contribution in [0.25, 0.3) is 0 Å². The van der Waals surface area contributed by atoms with Gasteiger partial charge in [-0.25, -0.2) is 8.78 Å². The molecule has 0 amide bonds. The molecule has 0 aromatic heterocycles. The van der Waals surface area contributed by atoms with Crippen molar-refractivity contribution in [2.45, 2.75) is 31.6 Å². The average molecular weight is 267 g/mol. The molecule has 0 radical (unpaired) electrons. The highest BCUT2D eigenvalue weighted by Gasteiger charge is 2.37. The second-order valence-corrected chi connectivity index (χ2v) is 4.11. The molecule has 1 nitrogen and oxygen atoms in total. The summed E-state index contributed by atoms with van der Waals surface area (Å²) in [5, 5.41) is 0. The average Bonchev–Trinajstić information content (AvgIpc) is 2.28. The molecule has 1 aromatic carbocycles. The molecule has 1 unspecified atom stereocenters. The van der Waals surface area contributed by atoms with E-state index in [1.807, 2.05) is 0 Å². The lowest BCUT2D eigenvalue weighted by molar-refractivity contribution is -0.140. The number of rotatable bonds is 4. The maximum absolute atomic E-state index is 14.3. The normalized spacial score (nSPS) is 15.5. The number of hydrogen-bond acceptors (Lipinski definition) is 1. The van der Waals surface area contributed by atoms with E-state index >= 15 is 0 Å². The molecule has 0 bridgehead atoms. The molecule has 6 heteroatoms. The van der Waals surface area contributed by atoms with E-state index in [-0.39, 0.29) is 12.0 Å². The van der Waals surface area contributed by atoms with E-state index in [2.05, 4.69) is 0 Å². The Kier molecular flexibility index (Phi) is 4.32. The fourth-order valence-electron chi connectivity index (χ4n) is 1.78. The standard InChI is InChI=1S/C12H14F5N/c1-2-5-11(14,7-18)8-3-4-10(13)9(6-8)12(15,16)17/h3-4,6H,2,5,7,18H2,1H3. The van der Waals surface area contributed by atoms with Gasteiger partial charge in [-0.1, -0.05) is 19.4 Å². The second-order valence-electron chi connectivity index (χ2n) is 4.11. The zero-order valence-corrected chi connectivity index (χ0v) is 9.82. The SMILES string of the molecule is CCCC(F)(CN)c1ccc(F)c(C(F)(F)F)c1. The van der Waals surface area contributed by atoms with Crippen LogP contribution in [0.15, 0.2) is 18.2 Å². The van der Waals surface area contributed by atoms with Gasteiger partial charge in [-0.3, -0.25) is 0 Å². The van der Waals surface area contributed by atoms with Crippen LogP contribution in [0.1, 0.15) is 30.9 Å². The summed E-state index contributed by atoms with van der Waals surface area (Å²) in [6, 6.07) is 2.13. The Morgan fingerprint density at radius 3 is 2.22 bits per heavy atom. The zero-order chi connectivity index (χ0) is 14.0. The molecule has 0 saturated heterocycles. The van der Waals surface area contributed by atoms with Crippen molar-refractivity contribution in [3.8, 4) is 0 Å². The summed E-state index contributed by atoms with van der Waals surface area (Å²) in [4.78, 5) is 0. The van der Waals surface area contributed by atoms with Gasteiger partial charge in [0.1, 0.15) is 11.5 Å². The van der Waals surface area contributed by atoms with Crippen LogP contribution in [0.5, 0.6) is 0 Å². The Balaban J connectivity index is 3.27. The third-order valence-corrected chi connectivity index (χ3v) is 2.76. The summed E-state index contributed by atoms with van der Waals surface area (Å²) in [5.74, 6) is -1.41. The first-order valence-electron chi connectivity index (χ1n) is 5.51. The molecule has 18 heavy (non-hydrogen) atoms. The topological polar surface area (TPSA) is 26.0 Å². The number of nitrogens with two attached hydrogens (primary N) is 1. The van der Waals surface area contributed by atoms with Crippen molar-refractivity contribution >= 4 is 0 Å². The van der Waals surface area contributed by atoms with Crippen molar-refractivity contribution in [2.24, 2.45) is 5.73 Å². The third-order valence-electron chi connectivity index (χ3n) is 2.76. The van der Waals surface area contributed by atoms with E-state index in [0.29, 0.717) is 18.6 Å². The van der Waals surface area contributed by atoms with Gasteiger partial charge in [-0.05, 0) is 24.1 Å². The fourth-order valence-corrected chi connectivity index (χ4v) is 1.78. The van der Waals surface area contributed by atoms with Crippen molar-refractivity contribution in [1.29, 1.82) is 0 Å². The Morgan fingerprint density at radius 1 is 1.17 bits per heavy atom. The molecule has 1 rings (SSSR count). The largest absolute Gasteiger partial charge is 0.419 e. The van der Waals surface area contributed by atoms with Crippen LogP contribution in [0, 0.1) is 5.82 Å². The first-order valence-corrected chi connectivity index (χ1v) is 5.51. The van der Waals surface area contributed by atoms with Gasteiger partial charge in [0.15, 0.2) is 0 Å². The number of hydrogen-bond donors (Lipinski definition) is 1. The van der Waals surface area contributed by atoms with Crippen molar-refractivity contribution in [1.82, 2.24) is 0 Å². The highest BCUT2D eigenvalue weighted by Crippen LogP contribution is 2.36. The number of alkyl halides is 4. The van der Waals surface area contributed by atoms with Crippen LogP contribution in [0.3, 0.4) is 0 Å². The minimum absolute atomic E-state index is 0.00751. The molecular weight excluding hydrogens is 253 g/mol. The van der Waals surface area contributed by atoms with Crippen LogP contribution >= 0.6 is 0 Å². The van der Waals surface area contributed by atoms with Crippen molar-refractivity contribution in [2.75, 3.05) is 6.54 Å². The predicted molar refractivity (Wildman–Crippen MR) is 58.2 cm³/mol. The molecule has 0 aliphatic rings. The Labute approximate surface area is 102 Å². The molecule has 0 aliphatic heterocycles. The molecule has 0 fully saturated rings. The van der Waals surface area contributed by atoms with Gasteiger partial charge in [-0.15, -0.1) is 0 Å². The lowest BCUT2D eigenvalue weighted by Crippen LogP contribution is -2.30. The molecule has 0 heterocycles. The second kappa shape index (κ2) is 5.22. The molecule has 1 aromatic rings. The Morgan fingerprint density at radius 2 is 1.78 bits per heavy atom. The molecule has 0 spiro atoms. The van der Waals surface area contributed by atoms with Gasteiger partial charge in [0.05, 0.1) is 5.56 Å². The lowest BCUT2D eigenvalue weighted by Gasteiger charge is -2.24. The zero-order valence-electron chi connectivity index (χ0n) is 9.82. The summed E-state index contributed by atoms with van der Waals surface area (Å²) >= 11 is 0. The van der Waals surface area contributed by atoms with Gasteiger partial charge in [0, 0.05) is 6.54 Å². The Bertz CT molecular complexity index is 415. The molecular formula is C12H14F5N. The summed E-state index contributed by atoms with van der Waals surface area (Å²) in [6.07, 6.45) is -4.43. The van der Waals surface area contributed by atoms with E-state index in [9.17, 15) is 22.0 Å². The minimum Gasteiger partial charge on any atom is -0.327 e. The number of benzene rings is 1. The van der Waals surface area contributed by atoms with Crippen molar-refractivity contribution < 1.29 is 22.0 Å². The van der Waals surface area contributed by atoms with E-state index in [0.717, 1.165) is 6.07 Å². The van der Waals surface area contributed by atoms with Crippen LogP contribution < -0.4 is 5.73 Å². The molecule has 0 saturated carbocycles. The van der Waals surface area contributed by atoms with Gasteiger partial charge in [-0.2, -0.15) is 13.2 Å². The third kappa shape index (κ3) is 2.98. The van der Waals surface area contributed by atoms with Crippen LogP contribution in [-0.4, -0.2) is 6.54 Å². The van der Waals surface area contributed by atoms with Crippen LogP contribution in [-0.2, 0) is 11.8 Å². The highest BCUT2D eigenvalue weighted by atomic mass is 19.4. The molecule has 2 N–H and O–H groups in total. The monoisotopic (exact) mass is 267 g/mol. The number of halogens is 5. The smallest absolute Gasteiger partial charge is 0.327 e. The molecule has 102 valence electrons. The lowest BCUT2D eigenvalue weighted by atomic mass is 9.90. The fraction of sp³-hybridized carbons (Fsp3) is 0.500. The molecule has 1 atom stereocenters. The first-order chi connectivity index (χ1) is 8.24. The van der Waals surface area contributed by atoms with Gasteiger partial charge < -0.3 is 5.73 Å². The summed E-state index contributed by atoms with van der Waals surface area (Å²) in [6.45, 7) is 1.25. The van der Waals surface area contributed by atoms with Gasteiger partial charge in [0.2, 0.25) is 0 Å². The maximum Gasteiger partial charge on any atom is 0.419 e.